The Hall–Kier alpha value is -12.0. The predicted octanol–water partition coefficient (Wildman–Crippen LogP) is 17.2. The van der Waals surface area contributed by atoms with Crippen LogP contribution in [0.1, 0.15) is 70.0 Å². The van der Waals surface area contributed by atoms with E-state index in [9.17, 15) is 58.7 Å². The predicted molar refractivity (Wildman–Crippen MR) is 373 cm³/mol. The Bertz CT molecular complexity index is 8370. The standard InChI is InChI=1S/C80H50B2N8/c1-84-66-39-23-36-61-59-34-15-19-41-68(59)90(80(61)66)57-46-74-78-76(47-57)88(55-31-12-5-13-32-55)72-49-71-64(48-65(72)82(78)63-38-17-21-43-70(63)86(74)53-27-8-3-9-28-53)81-62-37-16-20-42-69(62)85(52-25-6-2-7-26-52)73-44-56(45-75(77(73)81)87(71)54-29-10-4-11-30-54)89-67-40-18-14-33-58(67)60-35-22-24-51(50-83)79(60)89/h2-49,64,71H/i2D,3D,4D,5D,6D,7D,8D,9D,10D,11D,12D,13D,14D,15D,16D,17D,18D,19D,20D,21D,22D,23D,24D,25D,26D,27D,28D,29D,30D,31D,32D,33D,34D,35D,36D,37D,38D,39D,40D,41D,42D,43D,44D,45D,46D,47D,49D. The summed E-state index contributed by atoms with van der Waals surface area (Å²) in [5.74, 6) is -2.37. The fraction of sp³-hybridized carbons (Fsp3) is 0.0250. The number of benzene rings is 12. The number of nitrogens with zero attached hydrogens (tertiary/aromatic N) is 8. The van der Waals surface area contributed by atoms with Crippen LogP contribution in [-0.4, -0.2) is 28.6 Å². The lowest BCUT2D eigenvalue weighted by Gasteiger charge is -2.53. The minimum Gasteiger partial charge on any atom is -0.335 e. The molecule has 2 atom stereocenters. The van der Waals surface area contributed by atoms with E-state index < -0.39 is 465 Å². The van der Waals surface area contributed by atoms with E-state index in [1.807, 2.05) is 0 Å². The maximum atomic E-state index is 11.9. The summed E-state index contributed by atoms with van der Waals surface area (Å²) in [7, 11) is 0. The van der Waals surface area contributed by atoms with E-state index in [1.165, 1.54) is 0 Å². The van der Waals surface area contributed by atoms with Gasteiger partial charge in [0, 0.05) is 85.8 Å². The third-order valence-corrected chi connectivity index (χ3v) is 16.3. The quantitative estimate of drug-likeness (QED) is 0.123. The van der Waals surface area contributed by atoms with Crippen LogP contribution in [0.15, 0.2) is 301 Å². The Kier molecular flexibility index (Phi) is 4.84. The van der Waals surface area contributed by atoms with Crippen LogP contribution >= 0.6 is 0 Å². The highest BCUT2D eigenvalue weighted by atomic mass is 15.2. The molecular weight excluding hydrogens is 1090 g/mol. The number of nitriles is 1. The molecule has 0 radical (unpaired) electrons. The second kappa shape index (κ2) is 19.3. The summed E-state index contributed by atoms with van der Waals surface area (Å²) in [5.41, 5.74) is -25.0. The molecule has 416 valence electrons. The van der Waals surface area contributed by atoms with E-state index in [1.54, 1.807) is 6.07 Å². The molecule has 6 heterocycles. The van der Waals surface area contributed by atoms with Crippen molar-refractivity contribution in [2.45, 2.75) is 11.9 Å². The Balaban J connectivity index is 1.13. The number of fused-ring (bicyclic) bond motifs is 14. The van der Waals surface area contributed by atoms with Gasteiger partial charge in [0.25, 0.3) is 6.71 Å². The van der Waals surface area contributed by atoms with Crippen LogP contribution < -0.4 is 41.5 Å². The molecule has 12 aromatic carbocycles. The van der Waals surface area contributed by atoms with Gasteiger partial charge >= 0.3 is 0 Å². The third-order valence-electron chi connectivity index (χ3n) is 16.3. The first kappa shape index (κ1) is 22.6. The molecule has 19 rings (SSSR count). The molecule has 5 aliphatic rings. The molecular formula is C80H50B2N8. The van der Waals surface area contributed by atoms with Gasteiger partial charge in [-0.25, -0.2) is 4.85 Å². The fourth-order valence-corrected chi connectivity index (χ4v) is 13.1. The number of anilines is 10. The Labute approximate surface area is 587 Å². The van der Waals surface area contributed by atoms with Crippen molar-refractivity contribution < 1.29 is 64.4 Å². The molecule has 0 saturated carbocycles. The summed E-state index contributed by atoms with van der Waals surface area (Å²) >= 11 is 0. The van der Waals surface area contributed by atoms with E-state index >= 15 is 0 Å². The summed E-state index contributed by atoms with van der Waals surface area (Å²) in [6.45, 7) is 3.83. The minimum absolute atomic E-state index is 0.528. The molecule has 10 heteroatoms. The van der Waals surface area contributed by atoms with Crippen molar-refractivity contribution in [3.8, 4) is 17.4 Å². The highest BCUT2D eigenvalue weighted by Gasteiger charge is 2.54. The number of allylic oxidation sites excluding steroid dienone is 1. The van der Waals surface area contributed by atoms with Crippen LogP contribution in [0.4, 0.5) is 62.6 Å². The lowest BCUT2D eigenvalue weighted by atomic mass is 9.26. The lowest BCUT2D eigenvalue weighted by Crippen LogP contribution is -2.63. The molecule has 0 fully saturated rings. The summed E-state index contributed by atoms with van der Waals surface area (Å²) in [5, 5.41) is 8.32. The van der Waals surface area contributed by atoms with Crippen LogP contribution in [0, 0.1) is 17.9 Å². The average molecular weight is 1190 g/mol. The third kappa shape index (κ3) is 6.96. The largest absolute Gasteiger partial charge is 0.335 e. The van der Waals surface area contributed by atoms with Gasteiger partial charge in [0.2, 0.25) is 12.4 Å². The highest BCUT2D eigenvalue weighted by Crippen LogP contribution is 2.55. The molecule has 0 spiro atoms. The lowest BCUT2D eigenvalue weighted by molar-refractivity contribution is 0.753. The van der Waals surface area contributed by atoms with E-state index in [0.717, 1.165) is 6.08 Å². The molecule has 0 saturated heterocycles. The van der Waals surface area contributed by atoms with E-state index in [0.29, 0.717) is 28.7 Å². The van der Waals surface area contributed by atoms with Gasteiger partial charge in [0.15, 0.2) is 0 Å². The van der Waals surface area contributed by atoms with Crippen molar-refractivity contribution in [3.05, 3.63) is 318 Å². The van der Waals surface area contributed by atoms with Crippen LogP contribution in [0.2, 0.25) is 5.82 Å². The molecule has 0 N–H and O–H groups in total. The SMILES string of the molecule is [2H]C1=C2C(=CC3B4c5c([2H])c([2H])c([2H])c([2H])c5N(c5c([2H])c([2H])c([2H])c([2H])c5[2H])c5c([2H])c(-n6c7c([2H])c([2H])c([2H])c([2H])c7c7c([2H])c([2H])c([2H])c(C#N)c76)c([2H])c(c54)N(c4c([2H])c([2H])c([2H])c([2H])c4[2H])C13)B1c3c([2H])c([2H])c([2H])c([2H])c3N(c3c([2H])c([2H])c([2H])c([2H])c3[2H])c3c([2H])c(-n4c5c([2H])c([2H])c([2H])c([2H])c5c5c([2H])c([2H])c([2H])c([N+]#[C-])c54)c([2H])c(c31)N2c1c([2H])c([2H])c([2H])c([2H])c1[2H]. The molecule has 14 aromatic rings. The number of hydrogen-bond acceptors (Lipinski definition) is 5. The van der Waals surface area contributed by atoms with Crippen LogP contribution in [0.3, 0.4) is 0 Å². The summed E-state index contributed by atoms with van der Waals surface area (Å²) in [4.78, 5) is 5.76. The molecule has 90 heavy (non-hydrogen) atoms. The molecule has 0 amide bonds. The van der Waals surface area contributed by atoms with Crippen molar-refractivity contribution in [2.75, 3.05) is 19.6 Å². The van der Waals surface area contributed by atoms with Crippen molar-refractivity contribution >= 4 is 141 Å². The molecule has 8 nitrogen and oxygen atoms in total. The van der Waals surface area contributed by atoms with Crippen LogP contribution in [0.25, 0.3) is 59.8 Å². The van der Waals surface area contributed by atoms with Gasteiger partial charge in [0.05, 0.1) is 109 Å². The Morgan fingerprint density at radius 2 is 0.889 bits per heavy atom. The zero-order chi connectivity index (χ0) is 100. The molecule has 2 aromatic heterocycles. The second-order valence-corrected chi connectivity index (χ2v) is 20.5. The minimum atomic E-state index is -2.71. The average Bonchev–Trinajstić information content (AvgIpc) is 1.55. The smallest absolute Gasteiger partial charge is 0.251 e. The number of para-hydroxylation sites is 10. The molecule has 2 unspecified atom stereocenters. The van der Waals surface area contributed by atoms with Gasteiger partial charge in [0.1, 0.15) is 6.07 Å². The molecule has 4 aliphatic heterocycles. The van der Waals surface area contributed by atoms with Crippen LogP contribution in [0.5, 0.6) is 0 Å². The maximum absolute atomic E-state index is 11.9. The summed E-state index contributed by atoms with van der Waals surface area (Å²) < 4.78 is 463. The topological polar surface area (TPSA) is 51.0 Å². The highest BCUT2D eigenvalue weighted by molar-refractivity contribution is 6.96. The number of rotatable bonds is 6. The van der Waals surface area contributed by atoms with Gasteiger partial charge in [-0.3, -0.25) is 0 Å². The zero-order valence-electron chi connectivity index (χ0n) is 92.0. The van der Waals surface area contributed by atoms with Crippen molar-refractivity contribution in [1.82, 2.24) is 9.13 Å². The number of aromatic nitrogens is 2. The summed E-state index contributed by atoms with van der Waals surface area (Å²) in [6.07, 6.45) is 1.01. The van der Waals surface area contributed by atoms with E-state index in [2.05, 4.69) is 4.85 Å². The first-order chi connectivity index (χ1) is 64.2. The second-order valence-electron chi connectivity index (χ2n) is 20.5. The van der Waals surface area contributed by atoms with E-state index in [4.69, 9.17) is 17.5 Å². The first-order valence-corrected chi connectivity index (χ1v) is 27.0. The van der Waals surface area contributed by atoms with Crippen LogP contribution in [-0.2, 0) is 0 Å². The van der Waals surface area contributed by atoms with E-state index in [-0.39, 0.29) is 0 Å². The first-order valence-electron chi connectivity index (χ1n) is 50.5. The zero-order valence-corrected chi connectivity index (χ0v) is 45.0. The normalized spacial score (nSPS) is 23.2. The van der Waals surface area contributed by atoms with Gasteiger partial charge in [-0.2, -0.15) is 5.26 Å². The maximum Gasteiger partial charge on any atom is 0.251 e. The van der Waals surface area contributed by atoms with Crippen molar-refractivity contribution in [2.24, 2.45) is 0 Å². The molecule has 1 aliphatic carbocycles. The Morgan fingerprint density at radius 3 is 1.50 bits per heavy atom. The number of hydrogen-bond donors (Lipinski definition) is 0. The van der Waals surface area contributed by atoms with Crippen molar-refractivity contribution in [3.63, 3.8) is 0 Å². The van der Waals surface area contributed by atoms with Gasteiger partial charge in [-0.1, -0.05) is 181 Å². The van der Waals surface area contributed by atoms with Gasteiger partial charge in [-0.15, -0.1) is 0 Å². The Morgan fingerprint density at radius 1 is 0.422 bits per heavy atom. The van der Waals surface area contributed by atoms with Gasteiger partial charge in [-0.05, 0) is 147 Å². The monoisotopic (exact) mass is 1190 g/mol. The van der Waals surface area contributed by atoms with Crippen molar-refractivity contribution in [1.29, 1.82) is 5.26 Å². The molecule has 0 bridgehead atoms. The summed E-state index contributed by atoms with van der Waals surface area (Å²) in [6, 6.07) is -58.4. The van der Waals surface area contributed by atoms with Gasteiger partial charge < -0.3 is 28.7 Å². The fourth-order valence-electron chi connectivity index (χ4n) is 13.1.